The number of aromatic amines is 1. The van der Waals surface area contributed by atoms with E-state index in [-0.39, 0.29) is 19.4 Å². The molecule has 0 spiro atoms. The Labute approximate surface area is 180 Å². The van der Waals surface area contributed by atoms with Crippen molar-refractivity contribution in [3.05, 3.63) is 17.7 Å². The Balaban J connectivity index is 2.51. The molecule has 1 heterocycles. The normalized spacial score (nSPS) is 14.2. The monoisotopic (exact) mass is 424 g/mol. The van der Waals surface area contributed by atoms with Gasteiger partial charge >= 0.3 is 5.97 Å². The van der Waals surface area contributed by atoms with Crippen molar-refractivity contribution in [1.82, 2.24) is 15.3 Å². The number of hydrogen-bond donors (Lipinski definition) is 4. The van der Waals surface area contributed by atoms with E-state index in [9.17, 15) is 14.7 Å². The fourth-order valence-corrected chi connectivity index (χ4v) is 3.40. The molecule has 0 saturated heterocycles. The molecule has 0 aliphatic heterocycles. The van der Waals surface area contributed by atoms with Crippen LogP contribution in [0.5, 0.6) is 0 Å². The SMILES string of the molecule is CCCCCCCCCc1ncc(CCC(O)C(N)(CC(=O)NC)C(=O)OCC)[nH]1. The van der Waals surface area contributed by atoms with Crippen molar-refractivity contribution >= 4 is 11.9 Å². The van der Waals surface area contributed by atoms with E-state index in [0.29, 0.717) is 6.42 Å². The lowest BCUT2D eigenvalue weighted by Gasteiger charge is -2.31. The minimum Gasteiger partial charge on any atom is -0.465 e. The lowest BCUT2D eigenvalue weighted by Crippen LogP contribution is -2.60. The first-order chi connectivity index (χ1) is 14.4. The van der Waals surface area contributed by atoms with Gasteiger partial charge in [0.25, 0.3) is 0 Å². The Bertz CT molecular complexity index is 634. The fourth-order valence-electron chi connectivity index (χ4n) is 3.40. The highest BCUT2D eigenvalue weighted by molar-refractivity contribution is 5.89. The van der Waals surface area contributed by atoms with Crippen LogP contribution in [0, 0.1) is 0 Å². The second-order valence-electron chi connectivity index (χ2n) is 7.89. The molecule has 8 nitrogen and oxygen atoms in total. The summed E-state index contributed by atoms with van der Waals surface area (Å²) in [5.74, 6) is -0.267. The van der Waals surface area contributed by atoms with Crippen LogP contribution >= 0.6 is 0 Å². The van der Waals surface area contributed by atoms with Gasteiger partial charge in [0.05, 0.1) is 19.1 Å². The number of nitrogens with two attached hydrogens (primary N) is 1. The van der Waals surface area contributed by atoms with Crippen LogP contribution in [0.15, 0.2) is 6.20 Å². The number of hydrogen-bond acceptors (Lipinski definition) is 6. The number of aryl methyl sites for hydroxylation is 2. The number of carbonyl (C=O) groups is 2. The van der Waals surface area contributed by atoms with Crippen LogP contribution < -0.4 is 11.1 Å². The summed E-state index contributed by atoms with van der Waals surface area (Å²) in [7, 11) is 1.46. The lowest BCUT2D eigenvalue weighted by molar-refractivity contribution is -0.156. The highest BCUT2D eigenvalue weighted by atomic mass is 16.5. The summed E-state index contributed by atoms with van der Waals surface area (Å²) in [5, 5.41) is 13.0. The Morgan fingerprint density at radius 2 is 1.87 bits per heavy atom. The lowest BCUT2D eigenvalue weighted by atomic mass is 9.86. The van der Waals surface area contributed by atoms with E-state index in [1.54, 1.807) is 13.1 Å². The highest BCUT2D eigenvalue weighted by Gasteiger charge is 2.44. The number of nitrogens with zero attached hydrogens (tertiary/aromatic N) is 1. The molecule has 0 aliphatic carbocycles. The topological polar surface area (TPSA) is 130 Å². The number of ether oxygens (including phenoxy) is 1. The number of imidazole rings is 1. The van der Waals surface area contributed by atoms with Crippen molar-refractivity contribution in [2.45, 2.75) is 96.1 Å². The molecule has 172 valence electrons. The molecule has 30 heavy (non-hydrogen) atoms. The maximum atomic E-state index is 12.3. The smallest absolute Gasteiger partial charge is 0.329 e. The van der Waals surface area contributed by atoms with E-state index in [4.69, 9.17) is 10.5 Å². The van der Waals surface area contributed by atoms with Gasteiger partial charge < -0.3 is 25.9 Å². The number of esters is 1. The first-order valence-corrected chi connectivity index (χ1v) is 11.2. The van der Waals surface area contributed by atoms with Crippen LogP contribution in [0.1, 0.15) is 83.2 Å². The van der Waals surface area contributed by atoms with E-state index < -0.39 is 23.5 Å². The molecule has 8 heteroatoms. The average Bonchev–Trinajstić information content (AvgIpc) is 3.18. The minimum absolute atomic E-state index is 0.126. The number of aliphatic hydroxyl groups excluding tert-OH is 1. The molecule has 0 fully saturated rings. The van der Waals surface area contributed by atoms with Crippen molar-refractivity contribution in [2.24, 2.45) is 5.73 Å². The largest absolute Gasteiger partial charge is 0.465 e. The van der Waals surface area contributed by atoms with Gasteiger partial charge in [-0.25, -0.2) is 9.78 Å². The maximum absolute atomic E-state index is 12.3. The predicted molar refractivity (Wildman–Crippen MR) is 117 cm³/mol. The summed E-state index contributed by atoms with van der Waals surface area (Å²) < 4.78 is 4.99. The molecule has 0 radical (unpaired) electrons. The van der Waals surface area contributed by atoms with E-state index in [0.717, 1.165) is 24.4 Å². The predicted octanol–water partition coefficient (Wildman–Crippen LogP) is 2.39. The van der Waals surface area contributed by atoms with Crippen LogP contribution in [0.25, 0.3) is 0 Å². The van der Waals surface area contributed by atoms with Crippen molar-refractivity contribution in [1.29, 1.82) is 0 Å². The molecule has 1 amide bonds. The van der Waals surface area contributed by atoms with Gasteiger partial charge in [-0.15, -0.1) is 0 Å². The van der Waals surface area contributed by atoms with Crippen LogP contribution in [-0.4, -0.2) is 52.2 Å². The van der Waals surface area contributed by atoms with Gasteiger partial charge in [0.1, 0.15) is 11.4 Å². The number of unbranched alkanes of at least 4 members (excludes halogenated alkanes) is 6. The van der Waals surface area contributed by atoms with Gasteiger partial charge in [-0.1, -0.05) is 45.4 Å². The number of H-pyrrole nitrogens is 1. The first-order valence-electron chi connectivity index (χ1n) is 11.2. The summed E-state index contributed by atoms with van der Waals surface area (Å²) in [6.07, 6.45) is 10.5. The number of carbonyl (C=O) groups excluding carboxylic acids is 2. The zero-order chi connectivity index (χ0) is 22.4. The van der Waals surface area contributed by atoms with Crippen LogP contribution in [0.2, 0.25) is 0 Å². The number of rotatable bonds is 16. The summed E-state index contributed by atoms with van der Waals surface area (Å²) in [4.78, 5) is 31.8. The summed E-state index contributed by atoms with van der Waals surface area (Å²) in [6.45, 7) is 4.00. The number of nitrogens with one attached hydrogen (secondary N) is 2. The van der Waals surface area contributed by atoms with Gasteiger partial charge in [0.15, 0.2) is 0 Å². The first kappa shape index (κ1) is 26.1. The van der Waals surface area contributed by atoms with Crippen molar-refractivity contribution in [2.75, 3.05) is 13.7 Å². The van der Waals surface area contributed by atoms with E-state index in [1.165, 1.54) is 45.6 Å². The molecular weight excluding hydrogens is 384 g/mol. The third kappa shape index (κ3) is 8.83. The minimum atomic E-state index is -1.78. The van der Waals surface area contributed by atoms with E-state index in [2.05, 4.69) is 22.2 Å². The Kier molecular flexibility index (Phi) is 12.3. The Hall–Kier alpha value is -1.93. The molecule has 5 N–H and O–H groups in total. The van der Waals surface area contributed by atoms with Crippen LogP contribution in [-0.2, 0) is 27.2 Å². The Morgan fingerprint density at radius 1 is 1.20 bits per heavy atom. The molecule has 1 aromatic heterocycles. The molecular formula is C22H40N4O4. The molecule has 0 bridgehead atoms. The summed E-state index contributed by atoms with van der Waals surface area (Å²) in [5.41, 5.74) is 5.22. The number of aliphatic hydroxyl groups is 1. The van der Waals surface area contributed by atoms with Gasteiger partial charge in [-0.05, 0) is 26.2 Å². The third-order valence-electron chi connectivity index (χ3n) is 5.37. The van der Waals surface area contributed by atoms with Crippen molar-refractivity contribution < 1.29 is 19.4 Å². The molecule has 1 rings (SSSR count). The molecule has 0 aliphatic rings. The number of amides is 1. The van der Waals surface area contributed by atoms with Gasteiger partial charge in [0, 0.05) is 25.4 Å². The molecule has 2 unspecified atom stereocenters. The average molecular weight is 425 g/mol. The zero-order valence-corrected chi connectivity index (χ0v) is 18.8. The molecule has 0 saturated carbocycles. The standard InChI is InChI=1S/C22H40N4O4/c1-4-6-7-8-9-10-11-12-19-25-16-17(26-19)13-14-18(27)22(23,15-20(28)24-3)21(29)30-5-2/h16,18,27H,4-15,23H2,1-3H3,(H,24,28)(H,25,26). The van der Waals surface area contributed by atoms with Crippen molar-refractivity contribution in [3.63, 3.8) is 0 Å². The summed E-state index contributed by atoms with van der Waals surface area (Å²) >= 11 is 0. The second kappa shape index (κ2) is 14.1. The molecule has 0 aromatic carbocycles. The molecule has 1 aromatic rings. The Morgan fingerprint density at radius 3 is 2.50 bits per heavy atom. The van der Waals surface area contributed by atoms with Crippen LogP contribution in [0.3, 0.4) is 0 Å². The van der Waals surface area contributed by atoms with Crippen LogP contribution in [0.4, 0.5) is 0 Å². The molecule has 2 atom stereocenters. The third-order valence-corrected chi connectivity index (χ3v) is 5.37. The van der Waals surface area contributed by atoms with E-state index in [1.807, 2.05) is 0 Å². The zero-order valence-electron chi connectivity index (χ0n) is 18.8. The van der Waals surface area contributed by atoms with E-state index >= 15 is 0 Å². The summed E-state index contributed by atoms with van der Waals surface area (Å²) in [6, 6.07) is 0. The van der Waals surface area contributed by atoms with Gasteiger partial charge in [-0.3, -0.25) is 4.79 Å². The van der Waals surface area contributed by atoms with Gasteiger partial charge in [-0.2, -0.15) is 0 Å². The highest BCUT2D eigenvalue weighted by Crippen LogP contribution is 2.20. The maximum Gasteiger partial charge on any atom is 0.329 e. The number of aromatic nitrogens is 2. The fraction of sp³-hybridized carbons (Fsp3) is 0.773. The van der Waals surface area contributed by atoms with Gasteiger partial charge in [0.2, 0.25) is 5.91 Å². The quantitative estimate of drug-likeness (QED) is 0.238. The second-order valence-corrected chi connectivity index (χ2v) is 7.89. The van der Waals surface area contributed by atoms with Crippen molar-refractivity contribution in [3.8, 4) is 0 Å².